The second-order valence-electron chi connectivity index (χ2n) is 7.11. The highest BCUT2D eigenvalue weighted by Crippen LogP contribution is 2.37. The van der Waals surface area contributed by atoms with Crippen molar-refractivity contribution in [2.75, 3.05) is 24.6 Å². The number of carbonyl (C=O) groups excluding carboxylic acids is 1. The standard InChI is InChI=1S/C21H26N2O4S/c1-15-5-8-19(9-6-15)28(25,26)23-16(2)13-18-14-17(7-10-20(18)23)21(24)22-11-4-12-27-3/h5-10,14,16H,4,11-13H2,1-3H3,(H,22,24)/t16-/m1/s1. The van der Waals surface area contributed by atoms with Gasteiger partial charge < -0.3 is 10.1 Å². The summed E-state index contributed by atoms with van der Waals surface area (Å²) < 4.78 is 32.8. The molecule has 7 heteroatoms. The Morgan fingerprint density at radius 2 is 1.93 bits per heavy atom. The highest BCUT2D eigenvalue weighted by molar-refractivity contribution is 7.92. The third-order valence-corrected chi connectivity index (χ3v) is 6.83. The number of aryl methyl sites for hydroxylation is 1. The number of carbonyl (C=O) groups is 1. The van der Waals surface area contributed by atoms with Gasteiger partial charge >= 0.3 is 0 Å². The molecule has 0 saturated heterocycles. The number of methoxy groups -OCH3 is 1. The fourth-order valence-electron chi connectivity index (χ4n) is 3.45. The minimum atomic E-state index is -3.65. The summed E-state index contributed by atoms with van der Waals surface area (Å²) in [4.78, 5) is 12.6. The van der Waals surface area contributed by atoms with E-state index >= 15 is 0 Å². The molecule has 1 aliphatic rings. The highest BCUT2D eigenvalue weighted by Gasteiger charge is 2.36. The number of nitrogens with one attached hydrogen (secondary N) is 1. The van der Waals surface area contributed by atoms with Crippen LogP contribution in [-0.4, -0.2) is 40.6 Å². The molecule has 0 unspecified atom stereocenters. The van der Waals surface area contributed by atoms with Gasteiger partial charge in [-0.25, -0.2) is 8.42 Å². The maximum Gasteiger partial charge on any atom is 0.264 e. The van der Waals surface area contributed by atoms with Gasteiger partial charge in [0.25, 0.3) is 15.9 Å². The van der Waals surface area contributed by atoms with Crippen LogP contribution in [0, 0.1) is 6.92 Å². The van der Waals surface area contributed by atoms with E-state index in [0.29, 0.717) is 30.8 Å². The fourth-order valence-corrected chi connectivity index (χ4v) is 5.15. The number of anilines is 1. The van der Waals surface area contributed by atoms with E-state index in [9.17, 15) is 13.2 Å². The van der Waals surface area contributed by atoms with Crippen molar-refractivity contribution in [3.8, 4) is 0 Å². The van der Waals surface area contributed by atoms with Gasteiger partial charge in [-0.15, -0.1) is 0 Å². The topological polar surface area (TPSA) is 75.7 Å². The molecular weight excluding hydrogens is 376 g/mol. The Hall–Kier alpha value is -2.38. The van der Waals surface area contributed by atoms with Crippen molar-refractivity contribution in [1.82, 2.24) is 5.32 Å². The molecule has 6 nitrogen and oxygen atoms in total. The normalized spacial score (nSPS) is 16.1. The van der Waals surface area contributed by atoms with Gasteiger partial charge in [0, 0.05) is 31.9 Å². The lowest BCUT2D eigenvalue weighted by Gasteiger charge is -2.24. The van der Waals surface area contributed by atoms with Crippen molar-refractivity contribution < 1.29 is 17.9 Å². The van der Waals surface area contributed by atoms with E-state index in [1.807, 2.05) is 13.8 Å². The summed E-state index contributed by atoms with van der Waals surface area (Å²) in [5.41, 5.74) is 3.06. The zero-order valence-corrected chi connectivity index (χ0v) is 17.3. The summed E-state index contributed by atoms with van der Waals surface area (Å²) in [7, 11) is -2.03. The molecular formula is C21H26N2O4S. The molecule has 1 amide bonds. The summed E-state index contributed by atoms with van der Waals surface area (Å²) in [5, 5.41) is 2.86. The van der Waals surface area contributed by atoms with Crippen molar-refractivity contribution >= 4 is 21.6 Å². The van der Waals surface area contributed by atoms with E-state index in [0.717, 1.165) is 17.5 Å². The average molecular weight is 403 g/mol. The zero-order chi connectivity index (χ0) is 20.3. The minimum absolute atomic E-state index is 0.161. The first-order valence-electron chi connectivity index (χ1n) is 9.35. The lowest BCUT2D eigenvalue weighted by atomic mass is 10.1. The third-order valence-electron chi connectivity index (χ3n) is 4.88. The molecule has 1 N–H and O–H groups in total. The van der Waals surface area contributed by atoms with Crippen LogP contribution in [0.4, 0.5) is 5.69 Å². The Morgan fingerprint density at radius 3 is 2.61 bits per heavy atom. The molecule has 2 aromatic rings. The molecule has 0 saturated carbocycles. The van der Waals surface area contributed by atoms with E-state index in [2.05, 4.69) is 5.32 Å². The zero-order valence-electron chi connectivity index (χ0n) is 16.4. The van der Waals surface area contributed by atoms with Crippen molar-refractivity contribution in [3.63, 3.8) is 0 Å². The van der Waals surface area contributed by atoms with Crippen molar-refractivity contribution in [1.29, 1.82) is 0 Å². The smallest absolute Gasteiger partial charge is 0.264 e. The number of sulfonamides is 1. The number of hydrogen-bond acceptors (Lipinski definition) is 4. The maximum absolute atomic E-state index is 13.2. The van der Waals surface area contributed by atoms with Gasteiger partial charge in [0.15, 0.2) is 0 Å². The van der Waals surface area contributed by atoms with Crippen LogP contribution in [0.2, 0.25) is 0 Å². The Bertz CT molecular complexity index is 955. The highest BCUT2D eigenvalue weighted by atomic mass is 32.2. The molecule has 0 bridgehead atoms. The number of ether oxygens (including phenoxy) is 1. The van der Waals surface area contributed by atoms with Gasteiger partial charge in [0.05, 0.1) is 10.6 Å². The summed E-state index contributed by atoms with van der Waals surface area (Å²) in [6, 6.07) is 11.9. The molecule has 1 aliphatic heterocycles. The number of nitrogens with zero attached hydrogens (tertiary/aromatic N) is 1. The molecule has 0 fully saturated rings. The van der Waals surface area contributed by atoms with E-state index in [1.54, 1.807) is 49.6 Å². The van der Waals surface area contributed by atoms with Crippen LogP contribution in [0.5, 0.6) is 0 Å². The van der Waals surface area contributed by atoms with E-state index in [-0.39, 0.29) is 16.8 Å². The Balaban J connectivity index is 1.84. The Kier molecular flexibility index (Phi) is 6.05. The second kappa shape index (κ2) is 8.32. The lowest BCUT2D eigenvalue weighted by Crippen LogP contribution is -2.35. The maximum atomic E-state index is 13.2. The quantitative estimate of drug-likeness (QED) is 0.723. The summed E-state index contributed by atoms with van der Waals surface area (Å²) in [6.07, 6.45) is 1.32. The molecule has 0 spiro atoms. The van der Waals surface area contributed by atoms with E-state index in [4.69, 9.17) is 4.74 Å². The SMILES string of the molecule is COCCCNC(=O)c1ccc2c(c1)C[C@@H](C)N2S(=O)(=O)c1ccc(C)cc1. The monoisotopic (exact) mass is 402 g/mol. The molecule has 3 rings (SSSR count). The number of hydrogen-bond donors (Lipinski definition) is 1. The molecule has 1 heterocycles. The molecule has 150 valence electrons. The van der Waals surface area contributed by atoms with Crippen LogP contribution < -0.4 is 9.62 Å². The van der Waals surface area contributed by atoms with Gasteiger partial charge in [-0.3, -0.25) is 9.10 Å². The molecule has 0 aliphatic carbocycles. The average Bonchev–Trinajstić information content (AvgIpc) is 3.01. The number of rotatable bonds is 7. The molecule has 28 heavy (non-hydrogen) atoms. The molecule has 1 atom stereocenters. The first kappa shape index (κ1) is 20.4. The minimum Gasteiger partial charge on any atom is -0.385 e. The predicted octanol–water partition coefficient (Wildman–Crippen LogP) is 2.90. The van der Waals surface area contributed by atoms with Gasteiger partial charge in [-0.05, 0) is 62.6 Å². The molecule has 0 aromatic heterocycles. The number of amides is 1. The van der Waals surface area contributed by atoms with Gasteiger partial charge in [-0.2, -0.15) is 0 Å². The van der Waals surface area contributed by atoms with E-state index < -0.39 is 10.0 Å². The predicted molar refractivity (Wildman–Crippen MR) is 109 cm³/mol. The van der Waals surface area contributed by atoms with Crippen molar-refractivity contribution in [2.24, 2.45) is 0 Å². The first-order valence-corrected chi connectivity index (χ1v) is 10.8. The fraction of sp³-hybridized carbons (Fsp3) is 0.381. The Morgan fingerprint density at radius 1 is 1.21 bits per heavy atom. The van der Waals surface area contributed by atoms with Crippen LogP contribution in [-0.2, 0) is 21.2 Å². The third kappa shape index (κ3) is 4.05. The van der Waals surface area contributed by atoms with Crippen LogP contribution in [0.1, 0.15) is 34.8 Å². The van der Waals surface area contributed by atoms with E-state index in [1.165, 1.54) is 4.31 Å². The summed E-state index contributed by atoms with van der Waals surface area (Å²) in [6.45, 7) is 4.93. The van der Waals surface area contributed by atoms with Crippen molar-refractivity contribution in [2.45, 2.75) is 37.6 Å². The molecule has 2 aromatic carbocycles. The lowest BCUT2D eigenvalue weighted by molar-refractivity contribution is 0.0948. The Labute approximate surface area is 166 Å². The molecule has 0 radical (unpaired) electrons. The number of benzene rings is 2. The van der Waals surface area contributed by atoms with Crippen LogP contribution in [0.15, 0.2) is 47.4 Å². The van der Waals surface area contributed by atoms with Crippen LogP contribution >= 0.6 is 0 Å². The van der Waals surface area contributed by atoms with Crippen LogP contribution in [0.25, 0.3) is 0 Å². The van der Waals surface area contributed by atoms with Gasteiger partial charge in [-0.1, -0.05) is 17.7 Å². The van der Waals surface area contributed by atoms with Gasteiger partial charge in [0.2, 0.25) is 0 Å². The first-order chi connectivity index (χ1) is 13.3. The largest absolute Gasteiger partial charge is 0.385 e. The summed E-state index contributed by atoms with van der Waals surface area (Å²) in [5.74, 6) is -0.161. The number of fused-ring (bicyclic) bond motifs is 1. The summed E-state index contributed by atoms with van der Waals surface area (Å²) >= 11 is 0. The van der Waals surface area contributed by atoms with Gasteiger partial charge in [0.1, 0.15) is 0 Å². The van der Waals surface area contributed by atoms with Crippen LogP contribution in [0.3, 0.4) is 0 Å². The second-order valence-corrected chi connectivity index (χ2v) is 8.93. The van der Waals surface area contributed by atoms with Crippen molar-refractivity contribution in [3.05, 3.63) is 59.2 Å².